The molecule has 0 amide bonds. The van der Waals surface area contributed by atoms with Crippen LogP contribution in [0, 0.1) is 28.7 Å². The molecule has 0 radical (unpaired) electrons. The minimum Gasteiger partial charge on any atom is -0.490 e. The molecule has 3 nitrogen and oxygen atoms in total. The van der Waals surface area contributed by atoms with E-state index in [0.29, 0.717) is 24.5 Å². The van der Waals surface area contributed by atoms with E-state index >= 15 is 0 Å². The Labute approximate surface area is 192 Å². The molecule has 0 bridgehead atoms. The van der Waals surface area contributed by atoms with Gasteiger partial charge >= 0.3 is 0 Å². The van der Waals surface area contributed by atoms with Crippen molar-refractivity contribution in [2.24, 2.45) is 0 Å². The van der Waals surface area contributed by atoms with Crippen LogP contribution in [0.4, 0.5) is 0 Å². The Morgan fingerprint density at radius 1 is 0.967 bits per heavy atom. The summed E-state index contributed by atoms with van der Waals surface area (Å²) in [6, 6.07) is 22.5. The van der Waals surface area contributed by atoms with Crippen molar-refractivity contribution in [1.29, 1.82) is 5.26 Å². The highest BCUT2D eigenvalue weighted by Gasteiger charge is 2.13. The zero-order valence-corrected chi connectivity index (χ0v) is 19.6. The molecular formula is C26H24INO2. The Hall–Kier alpha value is -2.78. The maximum absolute atomic E-state index is 9.66. The number of nitrogens with zero attached hydrogens (tertiary/aromatic N) is 1. The van der Waals surface area contributed by atoms with Gasteiger partial charge in [0, 0.05) is 0 Å². The van der Waals surface area contributed by atoms with E-state index in [1.54, 1.807) is 0 Å². The lowest BCUT2D eigenvalue weighted by Gasteiger charge is -2.15. The normalized spacial score (nSPS) is 11.1. The maximum Gasteiger partial charge on any atom is 0.175 e. The van der Waals surface area contributed by atoms with Gasteiger partial charge in [0.15, 0.2) is 11.5 Å². The summed E-state index contributed by atoms with van der Waals surface area (Å²) in [5, 5.41) is 9.66. The van der Waals surface area contributed by atoms with E-state index < -0.39 is 0 Å². The predicted molar refractivity (Wildman–Crippen MR) is 131 cm³/mol. The molecule has 0 heterocycles. The number of nitriles is 1. The molecule has 0 aromatic heterocycles. The van der Waals surface area contributed by atoms with Crippen molar-refractivity contribution >= 4 is 34.2 Å². The average Bonchev–Trinajstić information content (AvgIpc) is 2.73. The second-order valence-corrected chi connectivity index (χ2v) is 8.24. The molecule has 4 heteroatoms. The molecule has 3 aromatic rings. The minimum atomic E-state index is 0.471. The van der Waals surface area contributed by atoms with Gasteiger partial charge in [-0.15, -0.1) is 0 Å². The summed E-state index contributed by atoms with van der Waals surface area (Å²) in [6.45, 7) is 7.06. The van der Waals surface area contributed by atoms with E-state index in [1.807, 2.05) is 56.3 Å². The van der Waals surface area contributed by atoms with Gasteiger partial charge in [0.2, 0.25) is 0 Å². The van der Waals surface area contributed by atoms with Crippen LogP contribution in [-0.2, 0) is 6.61 Å². The summed E-state index contributed by atoms with van der Waals surface area (Å²) in [5.74, 6) is 1.41. The maximum atomic E-state index is 9.66. The zero-order valence-electron chi connectivity index (χ0n) is 17.4. The first-order chi connectivity index (χ1) is 14.5. The van der Waals surface area contributed by atoms with Crippen molar-refractivity contribution in [2.75, 3.05) is 6.61 Å². The Bertz CT molecular complexity index is 1080. The first-order valence-corrected chi connectivity index (χ1v) is 10.9. The molecule has 0 aliphatic rings. The fraction of sp³-hybridized carbons (Fsp3) is 0.192. The Kier molecular flexibility index (Phi) is 7.53. The third-order valence-electron chi connectivity index (χ3n) is 4.63. The summed E-state index contributed by atoms with van der Waals surface area (Å²) in [7, 11) is 0. The number of aryl methyl sites for hydroxylation is 2. The van der Waals surface area contributed by atoms with Crippen molar-refractivity contribution in [3.63, 3.8) is 0 Å². The van der Waals surface area contributed by atoms with Crippen LogP contribution in [0.3, 0.4) is 0 Å². The fourth-order valence-electron chi connectivity index (χ4n) is 2.99. The van der Waals surface area contributed by atoms with Crippen LogP contribution in [0.15, 0.2) is 60.7 Å². The molecule has 3 aromatic carbocycles. The largest absolute Gasteiger partial charge is 0.490 e. The molecule has 0 aliphatic carbocycles. The van der Waals surface area contributed by atoms with Crippen LogP contribution >= 0.6 is 22.6 Å². The molecule has 0 aliphatic heterocycles. The number of benzene rings is 3. The van der Waals surface area contributed by atoms with Gasteiger partial charge in [-0.1, -0.05) is 59.7 Å². The van der Waals surface area contributed by atoms with Gasteiger partial charge in [0.05, 0.1) is 21.8 Å². The summed E-state index contributed by atoms with van der Waals surface area (Å²) < 4.78 is 12.9. The second kappa shape index (κ2) is 10.3. The number of ether oxygens (including phenoxy) is 2. The molecule has 0 spiro atoms. The van der Waals surface area contributed by atoms with E-state index in [1.165, 1.54) is 11.1 Å². The molecule has 30 heavy (non-hydrogen) atoms. The Morgan fingerprint density at radius 2 is 1.60 bits per heavy atom. The van der Waals surface area contributed by atoms with Crippen LogP contribution < -0.4 is 9.47 Å². The van der Waals surface area contributed by atoms with E-state index in [-0.39, 0.29) is 0 Å². The molecule has 152 valence electrons. The van der Waals surface area contributed by atoms with Crippen molar-refractivity contribution in [1.82, 2.24) is 0 Å². The Morgan fingerprint density at radius 3 is 2.20 bits per heavy atom. The van der Waals surface area contributed by atoms with Crippen molar-refractivity contribution < 1.29 is 9.47 Å². The van der Waals surface area contributed by atoms with E-state index in [2.05, 4.69) is 59.8 Å². The number of hydrogen-bond donors (Lipinski definition) is 0. The SMILES string of the molecule is CCOc1cc(/C=C(\C#N)c2ccc(C)cc2)cc(I)c1OCc1ccc(C)cc1. The average molecular weight is 509 g/mol. The summed E-state index contributed by atoms with van der Waals surface area (Å²) in [4.78, 5) is 0. The Balaban J connectivity index is 1.90. The molecule has 0 fully saturated rings. The highest BCUT2D eigenvalue weighted by Crippen LogP contribution is 2.36. The van der Waals surface area contributed by atoms with Gasteiger partial charge in [-0.05, 0) is 78.3 Å². The predicted octanol–water partition coefficient (Wildman–Crippen LogP) is 6.95. The highest BCUT2D eigenvalue weighted by atomic mass is 127. The molecule has 0 atom stereocenters. The van der Waals surface area contributed by atoms with Crippen LogP contribution in [0.2, 0.25) is 0 Å². The number of rotatable bonds is 7. The van der Waals surface area contributed by atoms with Crippen LogP contribution in [0.5, 0.6) is 11.5 Å². The first-order valence-electron chi connectivity index (χ1n) is 9.83. The standard InChI is InChI=1S/C26H24INO2/c1-4-29-25-15-21(13-23(16-28)22-11-7-19(3)8-12-22)14-24(27)26(25)30-17-20-9-5-18(2)6-10-20/h5-15H,4,17H2,1-3H3/b23-13+. The van der Waals surface area contributed by atoms with E-state index in [4.69, 9.17) is 9.47 Å². The lowest BCUT2D eigenvalue weighted by Crippen LogP contribution is -2.02. The molecule has 0 N–H and O–H groups in total. The van der Waals surface area contributed by atoms with Gasteiger partial charge < -0.3 is 9.47 Å². The molecular weight excluding hydrogens is 485 g/mol. The topological polar surface area (TPSA) is 42.2 Å². The van der Waals surface area contributed by atoms with Gasteiger partial charge in [-0.3, -0.25) is 0 Å². The molecule has 0 saturated heterocycles. The summed E-state index contributed by atoms with van der Waals surface area (Å²) >= 11 is 2.26. The van der Waals surface area contributed by atoms with Gasteiger partial charge in [-0.25, -0.2) is 0 Å². The lowest BCUT2D eigenvalue weighted by molar-refractivity contribution is 0.267. The number of allylic oxidation sites excluding steroid dienone is 1. The third kappa shape index (κ3) is 5.64. The van der Waals surface area contributed by atoms with Gasteiger partial charge in [0.25, 0.3) is 0 Å². The summed E-state index contributed by atoms with van der Waals surface area (Å²) in [6.07, 6.45) is 1.89. The lowest BCUT2D eigenvalue weighted by atomic mass is 10.0. The van der Waals surface area contributed by atoms with Crippen molar-refractivity contribution in [3.8, 4) is 17.6 Å². The quantitative estimate of drug-likeness (QED) is 0.197. The number of hydrogen-bond acceptors (Lipinski definition) is 3. The van der Waals surface area contributed by atoms with Gasteiger partial charge in [0.1, 0.15) is 6.61 Å². The zero-order chi connectivity index (χ0) is 21.5. The first kappa shape index (κ1) is 21.9. The molecule has 3 rings (SSSR count). The second-order valence-electron chi connectivity index (χ2n) is 7.07. The van der Waals surface area contributed by atoms with Crippen LogP contribution in [0.1, 0.15) is 34.7 Å². The molecule has 0 unspecified atom stereocenters. The minimum absolute atomic E-state index is 0.471. The van der Waals surface area contributed by atoms with Crippen molar-refractivity contribution in [3.05, 3.63) is 92.1 Å². The van der Waals surface area contributed by atoms with Crippen LogP contribution in [-0.4, -0.2) is 6.61 Å². The smallest absolute Gasteiger partial charge is 0.175 e. The van der Waals surface area contributed by atoms with Crippen LogP contribution in [0.25, 0.3) is 11.6 Å². The highest BCUT2D eigenvalue weighted by molar-refractivity contribution is 14.1. The van der Waals surface area contributed by atoms with Crippen molar-refractivity contribution in [2.45, 2.75) is 27.4 Å². The van der Waals surface area contributed by atoms with E-state index in [0.717, 1.165) is 26.0 Å². The molecule has 0 saturated carbocycles. The van der Waals surface area contributed by atoms with Gasteiger partial charge in [-0.2, -0.15) is 5.26 Å². The van der Waals surface area contributed by atoms with E-state index in [9.17, 15) is 5.26 Å². The third-order valence-corrected chi connectivity index (χ3v) is 5.43. The monoisotopic (exact) mass is 509 g/mol. The summed E-state index contributed by atoms with van der Waals surface area (Å²) in [5.41, 5.74) is 5.91. The fourth-order valence-corrected chi connectivity index (χ4v) is 3.78. The number of halogens is 1.